The monoisotopic (exact) mass is 508 g/mol. The van der Waals surface area contributed by atoms with Gasteiger partial charge in [0.15, 0.2) is 0 Å². The fourth-order valence-corrected chi connectivity index (χ4v) is 5.31. The lowest BCUT2D eigenvalue weighted by molar-refractivity contribution is 0.00183. The Morgan fingerprint density at radius 1 is 0.838 bits per heavy atom. The molecule has 0 atom stereocenters. The number of carbonyl (C=O) groups is 1. The van der Waals surface area contributed by atoms with Gasteiger partial charge in [-0.25, -0.2) is 4.79 Å². The van der Waals surface area contributed by atoms with Gasteiger partial charge >= 0.3 is 6.09 Å². The number of nitrogens with zero attached hydrogens (tertiary/aromatic N) is 2. The molecule has 2 fully saturated rings. The SMILES string of the molecule is O=C(OCc1ccccc1)N(Cc1ccccc1)[C@H]1CC[C@H](OCCCCCCN2CCOCC2)CC1. The molecule has 0 unspecified atom stereocenters. The van der Waals surface area contributed by atoms with Gasteiger partial charge in [-0.05, 0) is 56.2 Å². The molecule has 0 N–H and O–H groups in total. The average Bonchev–Trinajstić information content (AvgIpc) is 2.96. The number of hydrogen-bond donors (Lipinski definition) is 0. The van der Waals surface area contributed by atoms with Crippen LogP contribution in [-0.2, 0) is 27.4 Å². The zero-order valence-corrected chi connectivity index (χ0v) is 22.3. The molecule has 202 valence electrons. The maximum absolute atomic E-state index is 13.2. The first kappa shape index (κ1) is 27.6. The van der Waals surface area contributed by atoms with Gasteiger partial charge in [0.2, 0.25) is 0 Å². The molecular weight excluding hydrogens is 464 g/mol. The Hall–Kier alpha value is -2.41. The van der Waals surface area contributed by atoms with Crippen LogP contribution in [0.25, 0.3) is 0 Å². The molecule has 0 spiro atoms. The summed E-state index contributed by atoms with van der Waals surface area (Å²) in [6.07, 6.45) is 8.90. The number of ether oxygens (including phenoxy) is 3. The molecule has 6 heteroatoms. The summed E-state index contributed by atoms with van der Waals surface area (Å²) in [5, 5.41) is 0. The van der Waals surface area contributed by atoms with E-state index in [-0.39, 0.29) is 12.1 Å². The molecule has 1 aliphatic heterocycles. The second-order valence-corrected chi connectivity index (χ2v) is 10.3. The molecule has 1 amide bonds. The smallest absolute Gasteiger partial charge is 0.410 e. The summed E-state index contributed by atoms with van der Waals surface area (Å²) in [4.78, 5) is 17.6. The van der Waals surface area contributed by atoms with Gasteiger partial charge in [-0.15, -0.1) is 0 Å². The largest absolute Gasteiger partial charge is 0.445 e. The standard InChI is InChI=1S/C31H44N2O4/c34-31(37-26-28-13-7-4-8-14-28)33(25-27-11-5-3-6-12-27)29-15-17-30(18-16-29)36-22-10-2-1-9-19-32-20-23-35-24-21-32/h3-8,11-14,29-30H,1-2,9-10,15-26H2/t29-,30-. The fourth-order valence-electron chi connectivity index (χ4n) is 5.31. The summed E-state index contributed by atoms with van der Waals surface area (Å²) in [7, 11) is 0. The summed E-state index contributed by atoms with van der Waals surface area (Å²) in [6, 6.07) is 20.3. The van der Waals surface area contributed by atoms with E-state index < -0.39 is 0 Å². The second kappa shape index (κ2) is 15.8. The van der Waals surface area contributed by atoms with Crippen LogP contribution in [0.5, 0.6) is 0 Å². The van der Waals surface area contributed by atoms with Crippen molar-refractivity contribution in [2.24, 2.45) is 0 Å². The zero-order valence-electron chi connectivity index (χ0n) is 22.3. The third-order valence-electron chi connectivity index (χ3n) is 7.55. The molecule has 1 heterocycles. The van der Waals surface area contributed by atoms with Crippen molar-refractivity contribution in [2.45, 2.75) is 76.7 Å². The highest BCUT2D eigenvalue weighted by Crippen LogP contribution is 2.27. The topological polar surface area (TPSA) is 51.2 Å². The Balaban J connectivity index is 1.16. The highest BCUT2D eigenvalue weighted by atomic mass is 16.6. The summed E-state index contributed by atoms with van der Waals surface area (Å²) in [6.45, 7) is 6.86. The van der Waals surface area contributed by atoms with Crippen molar-refractivity contribution in [1.29, 1.82) is 0 Å². The quantitative estimate of drug-likeness (QED) is 0.309. The Kier molecular flexibility index (Phi) is 11.8. The average molecular weight is 509 g/mol. The Bertz CT molecular complexity index is 881. The van der Waals surface area contributed by atoms with Gasteiger partial charge < -0.3 is 19.1 Å². The Morgan fingerprint density at radius 2 is 1.49 bits per heavy atom. The van der Waals surface area contributed by atoms with E-state index in [1.807, 2.05) is 53.4 Å². The number of amides is 1. The van der Waals surface area contributed by atoms with E-state index in [2.05, 4.69) is 17.0 Å². The first-order valence-electron chi connectivity index (χ1n) is 14.2. The van der Waals surface area contributed by atoms with E-state index >= 15 is 0 Å². The lowest BCUT2D eigenvalue weighted by Crippen LogP contribution is -2.43. The maximum Gasteiger partial charge on any atom is 0.410 e. The van der Waals surface area contributed by atoms with Crippen molar-refractivity contribution in [2.75, 3.05) is 39.5 Å². The predicted octanol–water partition coefficient (Wildman–Crippen LogP) is 6.05. The normalized spacial score (nSPS) is 20.4. The molecule has 0 aromatic heterocycles. The van der Waals surface area contributed by atoms with Crippen molar-refractivity contribution in [3.8, 4) is 0 Å². The molecule has 37 heavy (non-hydrogen) atoms. The van der Waals surface area contributed by atoms with Crippen LogP contribution in [0.2, 0.25) is 0 Å². The number of benzene rings is 2. The van der Waals surface area contributed by atoms with Gasteiger partial charge in [-0.2, -0.15) is 0 Å². The highest BCUT2D eigenvalue weighted by molar-refractivity contribution is 5.68. The van der Waals surface area contributed by atoms with E-state index in [4.69, 9.17) is 14.2 Å². The number of hydrogen-bond acceptors (Lipinski definition) is 5. The van der Waals surface area contributed by atoms with Crippen molar-refractivity contribution >= 4 is 6.09 Å². The minimum atomic E-state index is -0.228. The summed E-state index contributed by atoms with van der Waals surface area (Å²) < 4.78 is 17.4. The van der Waals surface area contributed by atoms with E-state index in [0.717, 1.165) is 76.1 Å². The number of morpholine rings is 1. The predicted molar refractivity (Wildman–Crippen MR) is 146 cm³/mol. The molecule has 4 rings (SSSR count). The summed E-state index contributed by atoms with van der Waals surface area (Å²) >= 11 is 0. The van der Waals surface area contributed by atoms with Crippen LogP contribution < -0.4 is 0 Å². The number of rotatable bonds is 13. The van der Waals surface area contributed by atoms with Crippen molar-refractivity contribution in [1.82, 2.24) is 9.80 Å². The van der Waals surface area contributed by atoms with Crippen LogP contribution in [0, 0.1) is 0 Å². The Labute approximate surface area is 222 Å². The minimum Gasteiger partial charge on any atom is -0.445 e. The maximum atomic E-state index is 13.2. The van der Waals surface area contributed by atoms with Crippen molar-refractivity contribution < 1.29 is 19.0 Å². The van der Waals surface area contributed by atoms with Gasteiger partial charge in [-0.3, -0.25) is 4.90 Å². The lowest BCUT2D eigenvalue weighted by Gasteiger charge is -2.36. The molecule has 1 saturated carbocycles. The first-order valence-corrected chi connectivity index (χ1v) is 14.2. The van der Waals surface area contributed by atoms with E-state index in [1.54, 1.807) is 0 Å². The second-order valence-electron chi connectivity index (χ2n) is 10.3. The third kappa shape index (κ3) is 9.76. The van der Waals surface area contributed by atoms with Gasteiger partial charge in [0.25, 0.3) is 0 Å². The van der Waals surface area contributed by atoms with Gasteiger partial charge in [0, 0.05) is 32.3 Å². The highest BCUT2D eigenvalue weighted by Gasteiger charge is 2.30. The van der Waals surface area contributed by atoms with Crippen LogP contribution in [0.15, 0.2) is 60.7 Å². The molecule has 2 aromatic rings. The molecular formula is C31H44N2O4. The number of unbranched alkanes of at least 4 members (excludes halogenated alkanes) is 3. The minimum absolute atomic E-state index is 0.184. The molecule has 1 aliphatic carbocycles. The van der Waals surface area contributed by atoms with Gasteiger partial charge in [0.1, 0.15) is 6.61 Å². The summed E-state index contributed by atoms with van der Waals surface area (Å²) in [5.74, 6) is 0. The number of carbonyl (C=O) groups excluding carboxylic acids is 1. The zero-order chi connectivity index (χ0) is 25.5. The molecule has 0 bridgehead atoms. The van der Waals surface area contributed by atoms with Crippen LogP contribution in [-0.4, -0.2) is 67.5 Å². The molecule has 2 aliphatic rings. The Morgan fingerprint density at radius 3 is 2.19 bits per heavy atom. The van der Waals surface area contributed by atoms with E-state index in [1.165, 1.54) is 25.8 Å². The van der Waals surface area contributed by atoms with Crippen LogP contribution in [0.3, 0.4) is 0 Å². The molecule has 0 radical (unpaired) electrons. The first-order chi connectivity index (χ1) is 18.3. The van der Waals surface area contributed by atoms with Crippen LogP contribution in [0.4, 0.5) is 4.79 Å². The molecule has 6 nitrogen and oxygen atoms in total. The van der Waals surface area contributed by atoms with E-state index in [9.17, 15) is 4.79 Å². The van der Waals surface area contributed by atoms with Gasteiger partial charge in [0.05, 0.1) is 19.3 Å². The molecule has 2 aromatic carbocycles. The fraction of sp³-hybridized carbons (Fsp3) is 0.581. The van der Waals surface area contributed by atoms with Crippen LogP contribution >= 0.6 is 0 Å². The van der Waals surface area contributed by atoms with Gasteiger partial charge in [-0.1, -0.05) is 73.5 Å². The molecule has 1 saturated heterocycles. The lowest BCUT2D eigenvalue weighted by atomic mass is 9.91. The summed E-state index contributed by atoms with van der Waals surface area (Å²) in [5.41, 5.74) is 2.14. The van der Waals surface area contributed by atoms with Crippen LogP contribution in [0.1, 0.15) is 62.5 Å². The van der Waals surface area contributed by atoms with Crippen molar-refractivity contribution in [3.63, 3.8) is 0 Å². The van der Waals surface area contributed by atoms with E-state index in [0.29, 0.717) is 19.3 Å². The van der Waals surface area contributed by atoms with Crippen molar-refractivity contribution in [3.05, 3.63) is 71.8 Å². The third-order valence-corrected chi connectivity index (χ3v) is 7.55.